The molecule has 22 heavy (non-hydrogen) atoms. The van der Waals surface area contributed by atoms with E-state index in [4.69, 9.17) is 0 Å². The van der Waals surface area contributed by atoms with Gasteiger partial charge in [0.05, 0.1) is 11.2 Å². The molecule has 1 spiro atoms. The summed E-state index contributed by atoms with van der Waals surface area (Å²) < 4.78 is 0. The molecule has 1 amide bonds. The minimum atomic E-state index is -0.878. The molecule has 0 saturated carbocycles. The van der Waals surface area contributed by atoms with Crippen LogP contribution in [0.15, 0.2) is 10.9 Å². The van der Waals surface area contributed by atoms with Gasteiger partial charge in [-0.15, -0.1) is 11.3 Å². The molecule has 6 nitrogen and oxygen atoms in total. The maximum absolute atomic E-state index is 11.7. The summed E-state index contributed by atoms with van der Waals surface area (Å²) in [7, 11) is 0. The molecule has 0 radical (unpaired) electrons. The fraction of sp³-hybridized carbons (Fsp3) is 0.667. The number of nitrogens with zero attached hydrogens (tertiary/aromatic N) is 3. The van der Waals surface area contributed by atoms with Crippen molar-refractivity contribution in [3.63, 3.8) is 0 Å². The van der Waals surface area contributed by atoms with Crippen molar-refractivity contribution in [3.05, 3.63) is 16.6 Å². The van der Waals surface area contributed by atoms with Gasteiger partial charge < -0.3 is 10.0 Å². The lowest BCUT2D eigenvalue weighted by Gasteiger charge is -2.38. The van der Waals surface area contributed by atoms with E-state index in [1.54, 1.807) is 16.2 Å². The van der Waals surface area contributed by atoms with Crippen LogP contribution in [0.2, 0.25) is 0 Å². The molecule has 2 saturated heterocycles. The average molecular weight is 323 g/mol. The Morgan fingerprint density at radius 3 is 2.68 bits per heavy atom. The summed E-state index contributed by atoms with van der Waals surface area (Å²) in [5.74, 6) is -1.01. The van der Waals surface area contributed by atoms with Gasteiger partial charge in [-0.3, -0.25) is 9.69 Å². The van der Waals surface area contributed by atoms with Gasteiger partial charge in [0.1, 0.15) is 6.04 Å². The quantitative estimate of drug-likeness (QED) is 0.911. The predicted octanol–water partition coefficient (Wildman–Crippen LogP) is 1.43. The molecule has 0 aromatic carbocycles. The van der Waals surface area contributed by atoms with E-state index in [2.05, 4.69) is 15.3 Å². The molecule has 3 rings (SSSR count). The number of carboxylic acid groups (broad SMARTS) is 1. The van der Waals surface area contributed by atoms with Gasteiger partial charge in [0, 0.05) is 25.4 Å². The van der Waals surface area contributed by atoms with E-state index in [0.717, 1.165) is 38.2 Å². The first kappa shape index (κ1) is 15.4. The molecule has 1 aromatic rings. The minimum Gasteiger partial charge on any atom is -0.480 e. The SMILES string of the molecule is CC(=O)N1CC2(CCN(Cc3cscn3)CC2)C[C@H]1C(=O)O. The van der Waals surface area contributed by atoms with Crippen LogP contribution < -0.4 is 0 Å². The number of aromatic nitrogens is 1. The Kier molecular flexibility index (Phi) is 4.18. The molecular formula is C15H21N3O3S. The number of piperidine rings is 1. The molecule has 120 valence electrons. The number of rotatable bonds is 3. The van der Waals surface area contributed by atoms with Crippen LogP contribution in [0, 0.1) is 5.41 Å². The van der Waals surface area contributed by atoms with Crippen LogP contribution in [0.25, 0.3) is 0 Å². The number of carbonyl (C=O) groups excluding carboxylic acids is 1. The Balaban J connectivity index is 1.62. The summed E-state index contributed by atoms with van der Waals surface area (Å²) in [6, 6.07) is -0.650. The van der Waals surface area contributed by atoms with Gasteiger partial charge in [-0.25, -0.2) is 9.78 Å². The van der Waals surface area contributed by atoms with Crippen molar-refractivity contribution in [2.24, 2.45) is 5.41 Å². The molecule has 2 aliphatic rings. The third-order valence-electron chi connectivity index (χ3n) is 4.98. The zero-order chi connectivity index (χ0) is 15.7. The van der Waals surface area contributed by atoms with E-state index in [9.17, 15) is 14.7 Å². The molecule has 1 atom stereocenters. The molecule has 7 heteroatoms. The van der Waals surface area contributed by atoms with Crippen molar-refractivity contribution in [2.45, 2.75) is 38.8 Å². The molecule has 2 aliphatic heterocycles. The van der Waals surface area contributed by atoms with E-state index < -0.39 is 12.0 Å². The Morgan fingerprint density at radius 1 is 1.45 bits per heavy atom. The molecule has 0 bridgehead atoms. The summed E-state index contributed by atoms with van der Waals surface area (Å²) in [4.78, 5) is 31.3. The lowest BCUT2D eigenvalue weighted by atomic mass is 9.76. The van der Waals surface area contributed by atoms with Gasteiger partial charge >= 0.3 is 5.97 Å². The first-order valence-corrected chi connectivity index (χ1v) is 8.53. The molecule has 3 heterocycles. The molecule has 1 N–H and O–H groups in total. The summed E-state index contributed by atoms with van der Waals surface area (Å²) in [6.45, 7) is 4.79. The van der Waals surface area contributed by atoms with Crippen molar-refractivity contribution >= 4 is 23.2 Å². The zero-order valence-electron chi connectivity index (χ0n) is 12.7. The van der Waals surface area contributed by atoms with Gasteiger partial charge in [-0.1, -0.05) is 0 Å². The molecule has 0 unspecified atom stereocenters. The van der Waals surface area contributed by atoms with Crippen molar-refractivity contribution in [3.8, 4) is 0 Å². The maximum atomic E-state index is 11.7. The fourth-order valence-electron chi connectivity index (χ4n) is 3.70. The first-order valence-electron chi connectivity index (χ1n) is 7.59. The van der Waals surface area contributed by atoms with Crippen LogP contribution in [0.3, 0.4) is 0 Å². The second-order valence-electron chi connectivity index (χ2n) is 6.46. The van der Waals surface area contributed by atoms with E-state index in [-0.39, 0.29) is 11.3 Å². The number of aliphatic carboxylic acids is 1. The van der Waals surface area contributed by atoms with Crippen LogP contribution >= 0.6 is 11.3 Å². The van der Waals surface area contributed by atoms with Gasteiger partial charge in [-0.05, 0) is 37.8 Å². The Morgan fingerprint density at radius 2 is 2.18 bits per heavy atom. The summed E-state index contributed by atoms with van der Waals surface area (Å²) in [6.07, 6.45) is 2.49. The smallest absolute Gasteiger partial charge is 0.326 e. The normalized spacial score (nSPS) is 24.8. The van der Waals surface area contributed by atoms with Crippen LogP contribution in [-0.4, -0.2) is 57.4 Å². The molecule has 0 aliphatic carbocycles. The van der Waals surface area contributed by atoms with Gasteiger partial charge in [0.15, 0.2) is 0 Å². The highest BCUT2D eigenvalue weighted by atomic mass is 32.1. The van der Waals surface area contributed by atoms with E-state index in [0.29, 0.717) is 13.0 Å². The van der Waals surface area contributed by atoms with Crippen LogP contribution in [0.5, 0.6) is 0 Å². The third kappa shape index (κ3) is 3.01. The summed E-state index contributed by atoms with van der Waals surface area (Å²) in [5.41, 5.74) is 2.92. The van der Waals surface area contributed by atoms with E-state index >= 15 is 0 Å². The first-order chi connectivity index (χ1) is 10.5. The van der Waals surface area contributed by atoms with Crippen LogP contribution in [0.1, 0.15) is 31.9 Å². The number of carbonyl (C=O) groups is 2. The van der Waals surface area contributed by atoms with Gasteiger partial charge in [0.25, 0.3) is 0 Å². The molecular weight excluding hydrogens is 302 g/mol. The number of amides is 1. The Labute approximate surface area is 133 Å². The van der Waals surface area contributed by atoms with Crippen LogP contribution in [-0.2, 0) is 16.1 Å². The average Bonchev–Trinajstić information content (AvgIpc) is 3.10. The fourth-order valence-corrected chi connectivity index (χ4v) is 4.25. The van der Waals surface area contributed by atoms with E-state index in [1.807, 2.05) is 5.51 Å². The zero-order valence-corrected chi connectivity index (χ0v) is 13.5. The highest BCUT2D eigenvalue weighted by molar-refractivity contribution is 7.07. The number of likely N-dealkylation sites (tertiary alicyclic amines) is 2. The molecule has 2 fully saturated rings. The third-order valence-corrected chi connectivity index (χ3v) is 5.62. The topological polar surface area (TPSA) is 73.7 Å². The lowest BCUT2D eigenvalue weighted by molar-refractivity contribution is -0.147. The number of hydrogen-bond acceptors (Lipinski definition) is 5. The van der Waals surface area contributed by atoms with Crippen LogP contribution in [0.4, 0.5) is 0 Å². The van der Waals surface area contributed by atoms with Gasteiger partial charge in [-0.2, -0.15) is 0 Å². The Hall–Kier alpha value is -1.47. The predicted molar refractivity (Wildman–Crippen MR) is 82.5 cm³/mol. The van der Waals surface area contributed by atoms with Crippen molar-refractivity contribution in [2.75, 3.05) is 19.6 Å². The second-order valence-corrected chi connectivity index (χ2v) is 7.18. The monoisotopic (exact) mass is 323 g/mol. The summed E-state index contributed by atoms with van der Waals surface area (Å²) in [5, 5.41) is 11.4. The number of hydrogen-bond donors (Lipinski definition) is 1. The standard InChI is InChI=1S/C15H21N3O3S/c1-11(19)18-9-15(6-13(18)14(20)21)2-4-17(5-3-15)7-12-8-22-10-16-12/h8,10,13H,2-7,9H2,1H3,(H,20,21)/t13-/m0/s1. The highest BCUT2D eigenvalue weighted by Crippen LogP contribution is 2.43. The van der Waals surface area contributed by atoms with Crippen molar-refractivity contribution in [1.29, 1.82) is 0 Å². The van der Waals surface area contributed by atoms with Crippen molar-refractivity contribution in [1.82, 2.24) is 14.8 Å². The van der Waals surface area contributed by atoms with Gasteiger partial charge in [0.2, 0.25) is 5.91 Å². The largest absolute Gasteiger partial charge is 0.480 e. The maximum Gasteiger partial charge on any atom is 0.326 e. The van der Waals surface area contributed by atoms with Crippen molar-refractivity contribution < 1.29 is 14.7 Å². The number of carboxylic acids is 1. The highest BCUT2D eigenvalue weighted by Gasteiger charge is 2.48. The summed E-state index contributed by atoms with van der Waals surface area (Å²) >= 11 is 1.61. The van der Waals surface area contributed by atoms with E-state index in [1.165, 1.54) is 6.92 Å². The number of thiazole rings is 1. The molecule has 1 aromatic heterocycles. The lowest BCUT2D eigenvalue weighted by Crippen LogP contribution is -2.42. The second kappa shape index (κ2) is 5.96. The minimum absolute atomic E-state index is 0.0205. The Bertz CT molecular complexity index is 528.